The largest absolute Gasteiger partial charge is 0.325 e. The van der Waals surface area contributed by atoms with Gasteiger partial charge in [-0.05, 0) is 32.1 Å². The van der Waals surface area contributed by atoms with Gasteiger partial charge in [-0.1, -0.05) is 6.08 Å². The highest BCUT2D eigenvalue weighted by Gasteiger charge is 2.61. The molecule has 3 aliphatic rings. The number of rotatable bonds is 5. The SMILES string of the molecule is C=CC1CC1(NC(=O)N1CCCC1)C(=O)NS(=O)(=O)C1CC1. The number of carbonyl (C=O) groups excluding carboxylic acids is 2. The second-order valence-electron chi connectivity index (χ2n) is 6.32. The molecule has 2 N–H and O–H groups in total. The van der Waals surface area contributed by atoms with E-state index in [4.69, 9.17) is 0 Å². The van der Waals surface area contributed by atoms with Gasteiger partial charge in [0.25, 0.3) is 5.91 Å². The van der Waals surface area contributed by atoms with Crippen LogP contribution in [-0.4, -0.2) is 49.1 Å². The van der Waals surface area contributed by atoms with Crippen LogP contribution in [0, 0.1) is 5.92 Å². The van der Waals surface area contributed by atoms with E-state index in [-0.39, 0.29) is 11.9 Å². The third-order valence-electron chi connectivity index (χ3n) is 4.63. The molecule has 2 unspecified atom stereocenters. The maximum Gasteiger partial charge on any atom is 0.318 e. The Bertz CT molecular complexity index is 608. The van der Waals surface area contributed by atoms with Crippen LogP contribution in [0.2, 0.25) is 0 Å². The molecule has 0 radical (unpaired) electrons. The molecule has 1 heterocycles. The minimum Gasteiger partial charge on any atom is -0.325 e. The lowest BCUT2D eigenvalue weighted by atomic mass is 10.2. The molecule has 1 aliphatic heterocycles. The van der Waals surface area contributed by atoms with Crippen molar-refractivity contribution in [3.8, 4) is 0 Å². The summed E-state index contributed by atoms with van der Waals surface area (Å²) in [6, 6.07) is -0.305. The van der Waals surface area contributed by atoms with Crippen LogP contribution >= 0.6 is 0 Å². The van der Waals surface area contributed by atoms with Crippen molar-refractivity contribution in [1.82, 2.24) is 14.9 Å². The lowest BCUT2D eigenvalue weighted by molar-refractivity contribution is -0.122. The summed E-state index contributed by atoms with van der Waals surface area (Å²) in [6.07, 6.45) is 5.05. The van der Waals surface area contributed by atoms with Crippen molar-refractivity contribution in [3.63, 3.8) is 0 Å². The Kier molecular flexibility index (Phi) is 3.66. The van der Waals surface area contributed by atoms with Crippen LogP contribution < -0.4 is 10.0 Å². The average Bonchev–Trinajstić information content (AvgIpc) is 3.36. The fourth-order valence-corrected chi connectivity index (χ4v) is 4.27. The van der Waals surface area contributed by atoms with Crippen molar-refractivity contribution < 1.29 is 18.0 Å². The second kappa shape index (κ2) is 5.26. The first kappa shape index (κ1) is 15.3. The van der Waals surface area contributed by atoms with Crippen molar-refractivity contribution >= 4 is 22.0 Å². The minimum atomic E-state index is -3.61. The molecule has 2 aliphatic carbocycles. The van der Waals surface area contributed by atoms with Crippen molar-refractivity contribution in [1.29, 1.82) is 0 Å². The van der Waals surface area contributed by atoms with Gasteiger partial charge in [0.15, 0.2) is 0 Å². The molecule has 122 valence electrons. The van der Waals surface area contributed by atoms with Gasteiger partial charge >= 0.3 is 6.03 Å². The molecule has 0 aromatic rings. The van der Waals surface area contributed by atoms with Crippen LogP contribution in [-0.2, 0) is 14.8 Å². The molecule has 0 bridgehead atoms. The topological polar surface area (TPSA) is 95.6 Å². The summed E-state index contributed by atoms with van der Waals surface area (Å²) in [5.41, 5.74) is -1.16. The summed E-state index contributed by atoms with van der Waals surface area (Å²) in [4.78, 5) is 26.3. The van der Waals surface area contributed by atoms with Crippen molar-refractivity contribution in [2.75, 3.05) is 13.1 Å². The van der Waals surface area contributed by atoms with Gasteiger partial charge in [0, 0.05) is 19.0 Å². The number of amides is 3. The first-order valence-corrected chi connectivity index (χ1v) is 9.19. The molecule has 8 heteroatoms. The number of carbonyl (C=O) groups is 2. The lowest BCUT2D eigenvalue weighted by Crippen LogP contribution is -2.55. The van der Waals surface area contributed by atoms with Crippen molar-refractivity contribution in [2.24, 2.45) is 5.92 Å². The summed E-state index contributed by atoms with van der Waals surface area (Å²) >= 11 is 0. The van der Waals surface area contributed by atoms with Gasteiger partial charge < -0.3 is 10.2 Å². The van der Waals surface area contributed by atoms with Crippen LogP contribution in [0.1, 0.15) is 32.1 Å². The monoisotopic (exact) mass is 327 g/mol. The summed E-state index contributed by atoms with van der Waals surface area (Å²) < 4.78 is 26.0. The zero-order chi connectivity index (χ0) is 16.0. The van der Waals surface area contributed by atoms with Gasteiger partial charge in [-0.15, -0.1) is 6.58 Å². The second-order valence-corrected chi connectivity index (χ2v) is 8.28. The maximum atomic E-state index is 12.4. The van der Waals surface area contributed by atoms with E-state index in [9.17, 15) is 18.0 Å². The van der Waals surface area contributed by atoms with Gasteiger partial charge in [0.2, 0.25) is 10.0 Å². The highest BCUT2D eigenvalue weighted by Crippen LogP contribution is 2.45. The minimum absolute atomic E-state index is 0.228. The van der Waals surface area contributed by atoms with E-state index >= 15 is 0 Å². The number of nitrogens with one attached hydrogen (secondary N) is 2. The highest BCUT2D eigenvalue weighted by atomic mass is 32.2. The van der Waals surface area contributed by atoms with Crippen LogP contribution in [0.4, 0.5) is 4.79 Å². The molecule has 2 saturated carbocycles. The van der Waals surface area contributed by atoms with Gasteiger partial charge in [-0.2, -0.15) is 0 Å². The average molecular weight is 327 g/mol. The molecular formula is C14H21N3O4S. The standard InChI is InChI=1S/C14H21N3O4S/c1-2-10-9-14(10,15-13(19)17-7-3-4-8-17)12(18)16-22(20,21)11-5-6-11/h2,10-11H,1,3-9H2,(H,15,19)(H,16,18). The van der Waals surface area contributed by atoms with Crippen LogP contribution in [0.25, 0.3) is 0 Å². The Morgan fingerprint density at radius 2 is 1.86 bits per heavy atom. The first-order valence-electron chi connectivity index (χ1n) is 7.65. The molecule has 0 aromatic heterocycles. The fourth-order valence-electron chi connectivity index (χ4n) is 2.91. The van der Waals surface area contributed by atoms with Gasteiger partial charge in [-0.3, -0.25) is 9.52 Å². The summed E-state index contributed by atoms with van der Waals surface area (Å²) in [5.74, 6) is -0.870. The van der Waals surface area contributed by atoms with Gasteiger partial charge in [0.05, 0.1) is 5.25 Å². The third kappa shape index (κ3) is 2.71. The molecule has 7 nitrogen and oxygen atoms in total. The molecule has 1 saturated heterocycles. The summed E-state index contributed by atoms with van der Waals surface area (Å²) in [6.45, 7) is 4.99. The molecular weight excluding hydrogens is 306 g/mol. The van der Waals surface area contributed by atoms with E-state index in [0.717, 1.165) is 12.8 Å². The van der Waals surface area contributed by atoms with E-state index in [1.54, 1.807) is 11.0 Å². The zero-order valence-corrected chi connectivity index (χ0v) is 13.2. The molecule has 0 spiro atoms. The van der Waals surface area contributed by atoms with E-state index in [2.05, 4.69) is 16.6 Å². The van der Waals surface area contributed by atoms with Crippen LogP contribution in [0.3, 0.4) is 0 Å². The first-order chi connectivity index (χ1) is 10.4. The number of hydrogen-bond donors (Lipinski definition) is 2. The van der Waals surface area contributed by atoms with E-state index < -0.39 is 26.7 Å². The van der Waals surface area contributed by atoms with Crippen molar-refractivity contribution in [3.05, 3.63) is 12.7 Å². The molecule has 2 atom stereocenters. The van der Waals surface area contributed by atoms with Gasteiger partial charge in [-0.25, -0.2) is 13.2 Å². The molecule has 3 rings (SSSR count). The normalized spacial score (nSPS) is 30.7. The number of sulfonamides is 1. The molecule has 22 heavy (non-hydrogen) atoms. The predicted molar refractivity (Wildman–Crippen MR) is 80.5 cm³/mol. The molecule has 0 aromatic carbocycles. The smallest absolute Gasteiger partial charge is 0.318 e. The van der Waals surface area contributed by atoms with Gasteiger partial charge in [0.1, 0.15) is 5.54 Å². The highest BCUT2D eigenvalue weighted by molar-refractivity contribution is 7.90. The molecule has 3 fully saturated rings. The number of urea groups is 1. The van der Waals surface area contributed by atoms with E-state index in [0.29, 0.717) is 32.4 Å². The summed E-state index contributed by atoms with van der Waals surface area (Å²) in [5, 5.41) is 2.26. The molecule has 3 amide bonds. The van der Waals surface area contributed by atoms with Crippen molar-refractivity contribution in [2.45, 2.75) is 42.9 Å². The quantitative estimate of drug-likeness (QED) is 0.712. The van der Waals surface area contributed by atoms with E-state index in [1.807, 2.05) is 0 Å². The number of likely N-dealkylation sites (tertiary alicyclic amines) is 1. The fraction of sp³-hybridized carbons (Fsp3) is 0.714. The lowest BCUT2D eigenvalue weighted by Gasteiger charge is -2.23. The maximum absolute atomic E-state index is 12.4. The Morgan fingerprint density at radius 1 is 1.23 bits per heavy atom. The zero-order valence-electron chi connectivity index (χ0n) is 12.4. The Labute approximate surface area is 130 Å². The Balaban J connectivity index is 1.69. The Hall–Kier alpha value is -1.57. The number of hydrogen-bond acceptors (Lipinski definition) is 4. The Morgan fingerprint density at radius 3 is 2.36 bits per heavy atom. The predicted octanol–water partition coefficient (Wildman–Crippen LogP) is 0.345. The third-order valence-corrected chi connectivity index (χ3v) is 6.44. The number of nitrogens with zero attached hydrogens (tertiary/aromatic N) is 1. The van der Waals surface area contributed by atoms with E-state index in [1.165, 1.54) is 0 Å². The van der Waals surface area contributed by atoms with Crippen LogP contribution in [0.5, 0.6) is 0 Å². The van der Waals surface area contributed by atoms with Crippen LogP contribution in [0.15, 0.2) is 12.7 Å². The summed E-state index contributed by atoms with van der Waals surface area (Å²) in [7, 11) is -3.61.